The summed E-state index contributed by atoms with van der Waals surface area (Å²) in [6.45, 7) is 3.88. The predicted molar refractivity (Wildman–Crippen MR) is 69.6 cm³/mol. The van der Waals surface area contributed by atoms with E-state index in [0.29, 0.717) is 6.04 Å². The van der Waals surface area contributed by atoms with E-state index in [1.165, 1.54) is 5.56 Å². The molecule has 16 heavy (non-hydrogen) atoms. The zero-order valence-electron chi connectivity index (χ0n) is 10.6. The average Bonchev–Trinajstić information content (AvgIpc) is 2.38. The minimum Gasteiger partial charge on any atom is -0.367 e. The van der Waals surface area contributed by atoms with Crippen molar-refractivity contribution in [1.82, 2.24) is 0 Å². The summed E-state index contributed by atoms with van der Waals surface area (Å²) in [7, 11) is 0. The molecule has 0 fully saturated rings. The molecule has 0 aromatic heterocycles. The van der Waals surface area contributed by atoms with Gasteiger partial charge in [-0.15, -0.1) is 0 Å². The van der Waals surface area contributed by atoms with Gasteiger partial charge in [-0.25, -0.2) is 0 Å². The fourth-order valence-corrected chi connectivity index (χ4v) is 1.75. The van der Waals surface area contributed by atoms with Crippen molar-refractivity contribution in [2.45, 2.75) is 13.5 Å². The van der Waals surface area contributed by atoms with Crippen LogP contribution in [0, 0.1) is 0 Å². The van der Waals surface area contributed by atoms with Crippen LogP contribution in [-0.2, 0) is 6.54 Å². The molecule has 0 saturated carbocycles. The number of hydrogen-bond acceptors (Lipinski definition) is 1. The first-order valence-electron chi connectivity index (χ1n) is 6.15. The van der Waals surface area contributed by atoms with E-state index in [1.54, 1.807) is 0 Å². The molecule has 82 valence electrons. The highest BCUT2D eigenvalue weighted by atomic mass is 15.1. The van der Waals surface area contributed by atoms with Gasteiger partial charge in [-0.1, -0.05) is 48.5 Å². The molecule has 0 atom stereocenters. The lowest BCUT2D eigenvalue weighted by atomic mass is 10.2. The van der Waals surface area contributed by atoms with Gasteiger partial charge >= 0.3 is 0 Å². The molecule has 2 rings (SSSR count). The average molecular weight is 212 g/mol. The summed E-state index contributed by atoms with van der Waals surface area (Å²) in [4.78, 5) is 2.22. The molecular weight excluding hydrogens is 194 g/mol. The van der Waals surface area contributed by atoms with Crippen molar-refractivity contribution >= 4 is 5.69 Å². The van der Waals surface area contributed by atoms with Crippen LogP contribution in [0.5, 0.6) is 0 Å². The maximum Gasteiger partial charge on any atom is 0.0645 e. The second kappa shape index (κ2) is 5.36. The van der Waals surface area contributed by atoms with Crippen LogP contribution in [0.15, 0.2) is 60.6 Å². The van der Waals surface area contributed by atoms with Crippen molar-refractivity contribution in [1.29, 1.82) is 0 Å². The third kappa shape index (κ3) is 2.63. The van der Waals surface area contributed by atoms with Gasteiger partial charge in [0.2, 0.25) is 0 Å². The van der Waals surface area contributed by atoms with Crippen LogP contribution in [0.1, 0.15) is 13.9 Å². The number of rotatable bonds is 4. The van der Waals surface area contributed by atoms with Gasteiger partial charge in [0.25, 0.3) is 0 Å². The topological polar surface area (TPSA) is 3.24 Å². The quantitative estimate of drug-likeness (QED) is 0.746. The van der Waals surface area contributed by atoms with Gasteiger partial charge in [0.05, 0.1) is 1.37 Å². The molecular formula is C15H17N. The van der Waals surface area contributed by atoms with Crippen LogP contribution < -0.4 is 4.90 Å². The lowest BCUT2D eigenvalue weighted by Crippen LogP contribution is -2.21. The van der Waals surface area contributed by atoms with Gasteiger partial charge in [-0.2, -0.15) is 0 Å². The molecule has 0 unspecified atom stereocenters. The lowest BCUT2D eigenvalue weighted by molar-refractivity contribution is 0.832. The molecule has 0 spiro atoms. The highest BCUT2D eigenvalue weighted by molar-refractivity contribution is 5.46. The summed E-state index contributed by atoms with van der Waals surface area (Å²) in [6, 6.07) is 18.7. The van der Waals surface area contributed by atoms with E-state index in [9.17, 15) is 0 Å². The summed E-state index contributed by atoms with van der Waals surface area (Å²) in [6.07, 6.45) is 0. The molecule has 0 aliphatic heterocycles. The molecule has 1 nitrogen and oxygen atoms in total. The molecule has 0 aliphatic rings. The Labute approximate surface area is 98.7 Å². The Morgan fingerprint density at radius 1 is 1.00 bits per heavy atom. The zero-order valence-corrected chi connectivity index (χ0v) is 9.56. The maximum atomic E-state index is 7.93. The Bertz CT molecular complexity index is 467. The largest absolute Gasteiger partial charge is 0.367 e. The monoisotopic (exact) mass is 212 g/mol. The van der Waals surface area contributed by atoms with Gasteiger partial charge in [0, 0.05) is 18.8 Å². The van der Waals surface area contributed by atoms with Crippen molar-refractivity contribution in [3.05, 3.63) is 66.2 Å². The van der Waals surface area contributed by atoms with E-state index in [2.05, 4.69) is 36.1 Å². The zero-order chi connectivity index (χ0) is 12.1. The molecule has 1 heteroatoms. The summed E-state index contributed by atoms with van der Waals surface area (Å²) >= 11 is 0. The first kappa shape index (κ1) is 9.46. The molecule has 0 amide bonds. The smallest absolute Gasteiger partial charge is 0.0645 e. The minimum absolute atomic E-state index is 0.588. The molecule has 0 radical (unpaired) electrons. The van der Waals surface area contributed by atoms with Crippen molar-refractivity contribution in [3.63, 3.8) is 0 Å². The Hall–Kier alpha value is -1.76. The molecule has 0 N–H and O–H groups in total. The van der Waals surface area contributed by atoms with E-state index in [0.717, 1.165) is 18.8 Å². The van der Waals surface area contributed by atoms with Gasteiger partial charge in [0.1, 0.15) is 0 Å². The third-order valence-corrected chi connectivity index (χ3v) is 2.63. The van der Waals surface area contributed by atoms with Crippen LogP contribution in [0.3, 0.4) is 0 Å². The van der Waals surface area contributed by atoms with Gasteiger partial charge in [-0.3, -0.25) is 0 Å². The van der Waals surface area contributed by atoms with E-state index in [1.807, 2.05) is 30.3 Å². The number of benzene rings is 2. The molecule has 0 saturated heterocycles. The summed E-state index contributed by atoms with van der Waals surface area (Å²) < 4.78 is 7.93. The summed E-state index contributed by atoms with van der Waals surface area (Å²) in [5, 5.41) is 0. The fraction of sp³-hybridized carbons (Fsp3) is 0.200. The second-order valence-corrected chi connectivity index (χ2v) is 3.75. The number of anilines is 1. The van der Waals surface area contributed by atoms with E-state index < -0.39 is 0 Å². The van der Waals surface area contributed by atoms with Gasteiger partial charge in [0.15, 0.2) is 0 Å². The second-order valence-electron chi connectivity index (χ2n) is 3.75. The molecule has 0 bridgehead atoms. The highest BCUT2D eigenvalue weighted by Gasteiger charge is 2.03. The highest BCUT2D eigenvalue weighted by Crippen LogP contribution is 2.15. The first-order chi connectivity index (χ1) is 8.31. The number of hydrogen-bond donors (Lipinski definition) is 0. The first-order valence-corrected chi connectivity index (χ1v) is 5.65. The maximum absolute atomic E-state index is 7.93. The minimum atomic E-state index is 0.588. The van der Waals surface area contributed by atoms with Crippen LogP contribution in [0.25, 0.3) is 0 Å². The fourth-order valence-electron chi connectivity index (χ4n) is 1.75. The van der Waals surface area contributed by atoms with Crippen LogP contribution >= 0.6 is 0 Å². The van der Waals surface area contributed by atoms with E-state index >= 15 is 0 Å². The standard InChI is InChI=1S/C15H17N/c1-2-16(15-11-7-4-8-12-15)13-14-9-5-3-6-10-14/h3-12H,2,13H2,1H3/i11D. The Kier molecular flexibility index (Phi) is 3.17. The summed E-state index contributed by atoms with van der Waals surface area (Å²) in [5.41, 5.74) is 2.27. The molecule has 0 heterocycles. The summed E-state index contributed by atoms with van der Waals surface area (Å²) in [5.74, 6) is 0. The van der Waals surface area contributed by atoms with Crippen LogP contribution in [0.4, 0.5) is 5.69 Å². The third-order valence-electron chi connectivity index (χ3n) is 2.63. The SMILES string of the molecule is [2H]c1ccccc1N(CC)Cc1ccccc1. The van der Waals surface area contributed by atoms with Gasteiger partial charge in [-0.05, 0) is 24.6 Å². The molecule has 0 aliphatic carbocycles. The molecule has 2 aromatic rings. The normalized spacial score (nSPS) is 10.9. The predicted octanol–water partition coefficient (Wildman–Crippen LogP) is 3.71. The van der Waals surface area contributed by atoms with Crippen molar-refractivity contribution in [2.75, 3.05) is 11.4 Å². The molecule has 2 aromatic carbocycles. The Morgan fingerprint density at radius 3 is 2.38 bits per heavy atom. The lowest BCUT2D eigenvalue weighted by Gasteiger charge is -2.23. The van der Waals surface area contributed by atoms with Crippen molar-refractivity contribution in [3.8, 4) is 0 Å². The van der Waals surface area contributed by atoms with Gasteiger partial charge < -0.3 is 4.90 Å². The number of para-hydroxylation sites is 1. The van der Waals surface area contributed by atoms with E-state index in [4.69, 9.17) is 1.37 Å². The number of nitrogens with zero attached hydrogens (tertiary/aromatic N) is 1. The van der Waals surface area contributed by atoms with Crippen molar-refractivity contribution < 1.29 is 1.37 Å². The Morgan fingerprint density at radius 2 is 1.69 bits per heavy atom. The Balaban J connectivity index is 2.21. The van der Waals surface area contributed by atoms with Crippen LogP contribution in [-0.4, -0.2) is 6.54 Å². The van der Waals surface area contributed by atoms with Crippen molar-refractivity contribution in [2.24, 2.45) is 0 Å². The van der Waals surface area contributed by atoms with Crippen LogP contribution in [0.2, 0.25) is 0 Å². The van der Waals surface area contributed by atoms with E-state index in [-0.39, 0.29) is 0 Å².